The quantitative estimate of drug-likeness (QED) is 0.871. The summed E-state index contributed by atoms with van der Waals surface area (Å²) in [6, 6.07) is 14.6. The van der Waals surface area contributed by atoms with E-state index in [0.717, 1.165) is 18.7 Å². The fraction of sp³-hybridized carbons (Fsp3) is 0.368. The predicted molar refractivity (Wildman–Crippen MR) is 85.4 cm³/mol. The number of aromatic nitrogens is 1. The van der Waals surface area contributed by atoms with Gasteiger partial charge < -0.3 is 4.90 Å². The average Bonchev–Trinajstić information content (AvgIpc) is 2.46. The van der Waals surface area contributed by atoms with Crippen LogP contribution in [-0.2, 0) is 11.2 Å². The molecule has 1 aliphatic carbocycles. The third kappa shape index (κ3) is 2.41. The molecule has 1 aromatic carbocycles. The summed E-state index contributed by atoms with van der Waals surface area (Å²) in [7, 11) is 0. The van der Waals surface area contributed by atoms with E-state index in [9.17, 15) is 4.79 Å². The first kappa shape index (κ1) is 13.5. The van der Waals surface area contributed by atoms with Crippen LogP contribution in [0.25, 0.3) is 0 Å². The SMILES string of the molecule is O=C(Cc1cccnc1)N1CC2(CC(c3ccccc3)C2)C1. The zero-order chi connectivity index (χ0) is 15.0. The molecule has 1 aliphatic heterocycles. The molecule has 4 rings (SSSR count). The minimum absolute atomic E-state index is 0.238. The van der Waals surface area contributed by atoms with Crippen LogP contribution in [0.2, 0.25) is 0 Å². The van der Waals surface area contributed by atoms with Gasteiger partial charge in [0.05, 0.1) is 6.42 Å². The summed E-state index contributed by atoms with van der Waals surface area (Å²) in [6.07, 6.45) is 6.46. The van der Waals surface area contributed by atoms with E-state index in [1.54, 1.807) is 12.4 Å². The van der Waals surface area contributed by atoms with Crippen LogP contribution in [-0.4, -0.2) is 28.9 Å². The first-order valence-corrected chi connectivity index (χ1v) is 7.96. The number of rotatable bonds is 3. The van der Waals surface area contributed by atoms with Crippen molar-refractivity contribution in [2.45, 2.75) is 25.2 Å². The number of benzene rings is 1. The first-order valence-electron chi connectivity index (χ1n) is 7.96. The number of amides is 1. The highest BCUT2D eigenvalue weighted by Gasteiger charge is 2.53. The van der Waals surface area contributed by atoms with Gasteiger partial charge in [0, 0.05) is 30.9 Å². The van der Waals surface area contributed by atoms with Crippen LogP contribution >= 0.6 is 0 Å². The second-order valence-corrected chi connectivity index (χ2v) is 6.80. The fourth-order valence-electron chi connectivity index (χ4n) is 3.93. The highest BCUT2D eigenvalue weighted by molar-refractivity contribution is 5.79. The lowest BCUT2D eigenvalue weighted by atomic mass is 9.56. The molecular weight excluding hydrogens is 272 g/mol. The fourth-order valence-corrected chi connectivity index (χ4v) is 3.93. The molecule has 1 saturated heterocycles. The number of likely N-dealkylation sites (tertiary alicyclic amines) is 1. The zero-order valence-electron chi connectivity index (χ0n) is 12.6. The van der Waals surface area contributed by atoms with E-state index in [1.165, 1.54) is 18.4 Å². The van der Waals surface area contributed by atoms with Gasteiger partial charge in [0.2, 0.25) is 5.91 Å². The van der Waals surface area contributed by atoms with Gasteiger partial charge in [0.15, 0.2) is 0 Å². The van der Waals surface area contributed by atoms with E-state index in [1.807, 2.05) is 17.0 Å². The normalized spacial score (nSPS) is 19.5. The number of hydrogen-bond acceptors (Lipinski definition) is 2. The van der Waals surface area contributed by atoms with Crippen LogP contribution in [0.5, 0.6) is 0 Å². The number of pyridine rings is 1. The topological polar surface area (TPSA) is 33.2 Å². The summed E-state index contributed by atoms with van der Waals surface area (Å²) >= 11 is 0. The monoisotopic (exact) mass is 292 g/mol. The Hall–Kier alpha value is -2.16. The van der Waals surface area contributed by atoms with Crippen molar-refractivity contribution in [3.63, 3.8) is 0 Å². The smallest absolute Gasteiger partial charge is 0.227 e. The number of nitrogens with zero attached hydrogens (tertiary/aromatic N) is 2. The van der Waals surface area contributed by atoms with E-state index in [0.29, 0.717) is 17.8 Å². The lowest BCUT2D eigenvalue weighted by molar-refractivity contribution is -0.150. The molecule has 2 aromatic rings. The summed E-state index contributed by atoms with van der Waals surface area (Å²) < 4.78 is 0. The molecule has 1 saturated carbocycles. The van der Waals surface area contributed by atoms with Crippen molar-refractivity contribution in [3.8, 4) is 0 Å². The van der Waals surface area contributed by atoms with E-state index in [-0.39, 0.29) is 5.91 Å². The molecule has 0 N–H and O–H groups in total. The minimum Gasteiger partial charge on any atom is -0.341 e. The zero-order valence-corrected chi connectivity index (χ0v) is 12.6. The van der Waals surface area contributed by atoms with E-state index < -0.39 is 0 Å². The van der Waals surface area contributed by atoms with E-state index in [2.05, 4.69) is 35.3 Å². The minimum atomic E-state index is 0.238. The molecule has 0 unspecified atom stereocenters. The van der Waals surface area contributed by atoms with E-state index >= 15 is 0 Å². The summed E-state index contributed by atoms with van der Waals surface area (Å²) in [5.41, 5.74) is 2.86. The Morgan fingerprint density at radius 3 is 2.59 bits per heavy atom. The predicted octanol–water partition coefficient (Wildman–Crippen LogP) is 3.03. The molecule has 22 heavy (non-hydrogen) atoms. The maximum atomic E-state index is 12.3. The van der Waals surface area contributed by atoms with Crippen molar-refractivity contribution in [1.82, 2.24) is 9.88 Å². The largest absolute Gasteiger partial charge is 0.341 e. The van der Waals surface area contributed by atoms with Gasteiger partial charge in [-0.15, -0.1) is 0 Å². The van der Waals surface area contributed by atoms with Crippen LogP contribution in [0.15, 0.2) is 54.9 Å². The van der Waals surface area contributed by atoms with Crippen molar-refractivity contribution in [2.24, 2.45) is 5.41 Å². The maximum absolute atomic E-state index is 12.3. The summed E-state index contributed by atoms with van der Waals surface area (Å²) in [6.45, 7) is 1.88. The molecule has 0 radical (unpaired) electrons. The molecule has 1 spiro atoms. The molecule has 2 heterocycles. The maximum Gasteiger partial charge on any atom is 0.227 e. The third-order valence-corrected chi connectivity index (χ3v) is 5.11. The lowest BCUT2D eigenvalue weighted by Gasteiger charge is -2.59. The molecule has 2 aliphatic rings. The molecule has 112 valence electrons. The van der Waals surface area contributed by atoms with Crippen molar-refractivity contribution >= 4 is 5.91 Å². The van der Waals surface area contributed by atoms with Gasteiger partial charge in [0.1, 0.15) is 0 Å². The molecule has 0 atom stereocenters. The van der Waals surface area contributed by atoms with Crippen LogP contribution in [0.3, 0.4) is 0 Å². The van der Waals surface area contributed by atoms with Crippen LogP contribution in [0.1, 0.15) is 29.9 Å². The standard InChI is InChI=1S/C19H20N2O/c22-18(9-15-5-4-8-20-12-15)21-13-19(14-21)10-17(11-19)16-6-2-1-3-7-16/h1-8,12,17H,9-11,13-14H2. The van der Waals surface area contributed by atoms with Gasteiger partial charge in [-0.3, -0.25) is 9.78 Å². The average molecular weight is 292 g/mol. The second kappa shape index (κ2) is 5.24. The Balaban J connectivity index is 1.29. The van der Waals surface area contributed by atoms with Gasteiger partial charge >= 0.3 is 0 Å². The van der Waals surface area contributed by atoms with Crippen molar-refractivity contribution in [2.75, 3.05) is 13.1 Å². The molecule has 1 aromatic heterocycles. The van der Waals surface area contributed by atoms with E-state index in [4.69, 9.17) is 0 Å². The third-order valence-electron chi connectivity index (χ3n) is 5.11. The van der Waals surface area contributed by atoms with Gasteiger partial charge in [-0.1, -0.05) is 36.4 Å². The first-order chi connectivity index (χ1) is 10.7. The molecule has 1 amide bonds. The van der Waals surface area contributed by atoms with Crippen LogP contribution < -0.4 is 0 Å². The molecule has 3 nitrogen and oxygen atoms in total. The Bertz CT molecular complexity index is 654. The highest BCUT2D eigenvalue weighted by Crippen LogP contribution is 2.56. The van der Waals surface area contributed by atoms with Gasteiger partial charge in [-0.05, 0) is 36.0 Å². The van der Waals surface area contributed by atoms with Crippen molar-refractivity contribution < 1.29 is 4.79 Å². The summed E-state index contributed by atoms with van der Waals surface area (Å²) in [5, 5.41) is 0. The van der Waals surface area contributed by atoms with Crippen molar-refractivity contribution in [3.05, 3.63) is 66.0 Å². The molecule has 0 bridgehead atoms. The highest BCUT2D eigenvalue weighted by atomic mass is 16.2. The lowest BCUT2D eigenvalue weighted by Crippen LogP contribution is -2.63. The summed E-state index contributed by atoms with van der Waals surface area (Å²) in [5.74, 6) is 0.929. The Labute approximate surface area is 131 Å². The number of hydrogen-bond donors (Lipinski definition) is 0. The molecule has 3 heteroatoms. The van der Waals surface area contributed by atoms with Gasteiger partial charge in [-0.2, -0.15) is 0 Å². The molecular formula is C19H20N2O. The number of carbonyl (C=O) groups excluding carboxylic acids is 1. The van der Waals surface area contributed by atoms with Crippen LogP contribution in [0.4, 0.5) is 0 Å². The van der Waals surface area contributed by atoms with Gasteiger partial charge in [0.25, 0.3) is 0 Å². The second-order valence-electron chi connectivity index (χ2n) is 6.80. The molecule has 2 fully saturated rings. The number of carbonyl (C=O) groups is 1. The Morgan fingerprint density at radius 2 is 1.91 bits per heavy atom. The van der Waals surface area contributed by atoms with Crippen LogP contribution in [0, 0.1) is 5.41 Å². The van der Waals surface area contributed by atoms with Gasteiger partial charge in [-0.25, -0.2) is 0 Å². The summed E-state index contributed by atoms with van der Waals surface area (Å²) in [4.78, 5) is 18.3. The van der Waals surface area contributed by atoms with Crippen molar-refractivity contribution in [1.29, 1.82) is 0 Å². The Morgan fingerprint density at radius 1 is 1.14 bits per heavy atom. The Kier molecular flexibility index (Phi) is 3.21.